The third-order valence-electron chi connectivity index (χ3n) is 2.12. The van der Waals surface area contributed by atoms with E-state index in [1.165, 1.54) is 6.33 Å². The fourth-order valence-electron chi connectivity index (χ4n) is 1.17. The lowest BCUT2D eigenvalue weighted by Gasteiger charge is -1.79. The van der Waals surface area contributed by atoms with Crippen LogP contribution in [0.3, 0.4) is 0 Å². The van der Waals surface area contributed by atoms with E-state index < -0.39 is 0 Å². The highest BCUT2D eigenvalue weighted by Gasteiger charge is 1.69. The normalized spacial score (nSPS) is 7.49. The Labute approximate surface area is 296 Å². The molecular weight excluding hydrogens is 574 g/mol. The molecule has 0 aliphatic carbocycles. The summed E-state index contributed by atoms with van der Waals surface area (Å²) in [4.78, 5) is 11.1. The van der Waals surface area contributed by atoms with Crippen LogP contribution in [0, 0.1) is 23.7 Å². The molecule has 5 heteroatoms. The van der Waals surface area contributed by atoms with Crippen LogP contribution in [0.1, 0.15) is 138 Å². The molecule has 3 heterocycles. The number of hydrogen-bond acceptors (Lipinski definition) is 4. The first-order chi connectivity index (χ1) is 22.4. The van der Waals surface area contributed by atoms with Gasteiger partial charge in [-0.2, -0.15) is 5.10 Å². The molecule has 0 radical (unpaired) electrons. The number of aromatic nitrogens is 5. The van der Waals surface area contributed by atoms with E-state index in [1.54, 1.807) is 43.2 Å². The molecule has 0 aliphatic rings. The number of rotatable bonds is 0. The van der Waals surface area contributed by atoms with E-state index in [4.69, 9.17) is 0 Å². The van der Waals surface area contributed by atoms with Crippen molar-refractivity contribution in [3.8, 4) is 0 Å². The maximum absolute atomic E-state index is 3.78. The van der Waals surface area contributed by atoms with Crippen molar-refractivity contribution in [2.45, 2.75) is 138 Å². The highest BCUT2D eigenvalue weighted by atomic mass is 15.1. The van der Waals surface area contributed by atoms with E-state index in [0.717, 1.165) is 23.7 Å². The number of nitrogens with zero attached hydrogens (tertiary/aromatic N) is 4. The molecule has 0 unspecified atom stereocenters. The molecule has 3 aromatic heterocycles. The molecule has 0 amide bonds. The van der Waals surface area contributed by atoms with Gasteiger partial charge >= 0.3 is 0 Å². The van der Waals surface area contributed by atoms with E-state index in [1.807, 2.05) is 116 Å². The van der Waals surface area contributed by atoms with Crippen molar-refractivity contribution in [1.29, 1.82) is 0 Å². The maximum atomic E-state index is 3.78. The van der Waals surface area contributed by atoms with E-state index >= 15 is 0 Å². The van der Waals surface area contributed by atoms with Crippen LogP contribution in [0.4, 0.5) is 0 Å². The van der Waals surface area contributed by atoms with Gasteiger partial charge in [0.25, 0.3) is 0 Å². The third-order valence-corrected chi connectivity index (χ3v) is 2.12. The summed E-state index contributed by atoms with van der Waals surface area (Å²) in [6.45, 7) is 42.0. The third kappa shape index (κ3) is 182. The molecule has 4 rings (SSSR count). The average Bonchev–Trinajstić information content (AvgIpc) is 3.68. The highest BCUT2D eigenvalue weighted by molar-refractivity contribution is 4.99. The lowest BCUT2D eigenvalue weighted by molar-refractivity contribution is 0.736. The second-order valence-electron chi connectivity index (χ2n) is 10.8. The molecule has 1 N–H and O–H groups in total. The fraction of sp³-hybridized carbons (Fsp3) is 0.571. The van der Waals surface area contributed by atoms with Crippen LogP contribution in [-0.4, -0.2) is 25.1 Å². The Morgan fingerprint density at radius 1 is 0.319 bits per heavy atom. The minimum Gasteiger partial charge on any atom is -0.286 e. The maximum Gasteiger partial charge on any atom is 0.115 e. The molecule has 47 heavy (non-hydrogen) atoms. The quantitative estimate of drug-likeness (QED) is 0.204. The molecular formula is C42H83N5. The van der Waals surface area contributed by atoms with Gasteiger partial charge in [0, 0.05) is 37.2 Å². The van der Waals surface area contributed by atoms with E-state index in [0.29, 0.717) is 0 Å². The van der Waals surface area contributed by atoms with Gasteiger partial charge in [-0.25, -0.2) is 9.97 Å². The van der Waals surface area contributed by atoms with Crippen LogP contribution < -0.4 is 0 Å². The monoisotopic (exact) mass is 658 g/mol. The molecule has 5 nitrogen and oxygen atoms in total. The first-order valence-corrected chi connectivity index (χ1v) is 17.9. The number of benzene rings is 1. The van der Waals surface area contributed by atoms with E-state index in [2.05, 4.69) is 108 Å². The van der Waals surface area contributed by atoms with E-state index in [9.17, 15) is 0 Å². The van der Waals surface area contributed by atoms with Crippen LogP contribution in [0.25, 0.3) is 0 Å². The van der Waals surface area contributed by atoms with Crippen molar-refractivity contribution in [3.63, 3.8) is 0 Å². The molecule has 0 aliphatic heterocycles. The summed E-state index contributed by atoms with van der Waals surface area (Å²) < 4.78 is 0. The summed E-state index contributed by atoms with van der Waals surface area (Å²) in [5.41, 5.74) is 0. The number of nitrogens with one attached hydrogen (secondary N) is 1. The summed E-state index contributed by atoms with van der Waals surface area (Å²) in [7, 11) is 0. The van der Waals surface area contributed by atoms with Gasteiger partial charge in [0.05, 0.1) is 0 Å². The van der Waals surface area contributed by atoms with Gasteiger partial charge in [-0.15, -0.1) is 0 Å². The molecule has 0 fully saturated rings. The Hall–Kier alpha value is -3.34. The Bertz CT molecular complexity index is 598. The molecule has 276 valence electrons. The van der Waals surface area contributed by atoms with Gasteiger partial charge in [-0.1, -0.05) is 181 Å². The molecule has 0 saturated heterocycles. The number of H-pyrrole nitrogens is 1. The zero-order chi connectivity index (χ0) is 38.6. The lowest BCUT2D eigenvalue weighted by atomic mass is 10.3. The zero-order valence-corrected chi connectivity index (χ0v) is 35.0. The lowest BCUT2D eigenvalue weighted by Crippen LogP contribution is -1.66. The first-order valence-electron chi connectivity index (χ1n) is 17.9. The Morgan fingerprint density at radius 2 is 0.574 bits per heavy atom. The minimum absolute atomic E-state index is 0.833. The standard InChI is InChI=1S/C6H6.C5H5N.C4H4N2.4C4H10.C3H4N2.4C2H6/c2*1-2-4-6-5-3-1;1-2-5-4-6-3-1;4*1-4(2)3;1-2-4-5-3-1;4*1-2/h1-6H;1-5H;1-4H;4*4H,1-3H3;1-3H,(H,4,5);4*1-2H3. The zero-order valence-electron chi connectivity index (χ0n) is 35.0. The smallest absolute Gasteiger partial charge is 0.115 e. The SMILES string of the molecule is CC.CC.CC.CC.CC(C)C.CC(C)C.CC(C)C.CC(C)C.c1ccccc1.c1ccncc1.c1cn[nH]c1.c1cncnc1. The van der Waals surface area contributed by atoms with Gasteiger partial charge in [-0.3, -0.25) is 10.1 Å². The van der Waals surface area contributed by atoms with Crippen molar-refractivity contribution in [3.05, 3.63) is 110 Å². The summed E-state index contributed by atoms with van der Waals surface area (Å²) in [6.07, 6.45) is 11.8. The van der Waals surface area contributed by atoms with Crippen LogP contribution in [-0.2, 0) is 0 Å². The molecule has 4 aromatic rings. The Kier molecular flexibility index (Phi) is 98.2. The second-order valence-corrected chi connectivity index (χ2v) is 10.8. The summed E-state index contributed by atoms with van der Waals surface area (Å²) in [5, 5.41) is 6.21. The van der Waals surface area contributed by atoms with Crippen molar-refractivity contribution < 1.29 is 0 Å². The molecule has 0 atom stereocenters. The Balaban J connectivity index is -0.0000000602. The predicted molar refractivity (Wildman–Crippen MR) is 219 cm³/mol. The number of aromatic amines is 1. The van der Waals surface area contributed by atoms with Crippen LogP contribution in [0.15, 0.2) is 110 Å². The largest absolute Gasteiger partial charge is 0.286 e. The summed E-state index contributed by atoms with van der Waals surface area (Å²) in [6, 6.07) is 21.3. The molecule has 0 spiro atoms. The van der Waals surface area contributed by atoms with Gasteiger partial charge in [0.1, 0.15) is 6.33 Å². The summed E-state index contributed by atoms with van der Waals surface area (Å²) in [5.74, 6) is 3.33. The van der Waals surface area contributed by atoms with Crippen LogP contribution >= 0.6 is 0 Å². The van der Waals surface area contributed by atoms with Crippen molar-refractivity contribution >= 4 is 0 Å². The average molecular weight is 658 g/mol. The van der Waals surface area contributed by atoms with Crippen molar-refractivity contribution in [2.24, 2.45) is 23.7 Å². The predicted octanol–water partition coefficient (Wildman–Crippen LogP) is 14.4. The summed E-state index contributed by atoms with van der Waals surface area (Å²) >= 11 is 0. The van der Waals surface area contributed by atoms with E-state index in [-0.39, 0.29) is 0 Å². The molecule has 1 aromatic carbocycles. The van der Waals surface area contributed by atoms with Gasteiger partial charge in [0.2, 0.25) is 0 Å². The Morgan fingerprint density at radius 3 is 0.660 bits per heavy atom. The molecule has 0 saturated carbocycles. The number of hydrogen-bond donors (Lipinski definition) is 1. The topological polar surface area (TPSA) is 67.3 Å². The van der Waals surface area contributed by atoms with Gasteiger partial charge < -0.3 is 0 Å². The van der Waals surface area contributed by atoms with Crippen LogP contribution in [0.5, 0.6) is 0 Å². The van der Waals surface area contributed by atoms with Crippen LogP contribution in [0.2, 0.25) is 0 Å². The minimum atomic E-state index is 0.833. The van der Waals surface area contributed by atoms with Crippen molar-refractivity contribution in [1.82, 2.24) is 25.1 Å². The van der Waals surface area contributed by atoms with Crippen molar-refractivity contribution in [2.75, 3.05) is 0 Å². The number of pyridine rings is 1. The molecule has 0 bridgehead atoms. The van der Waals surface area contributed by atoms with Gasteiger partial charge in [-0.05, 0) is 47.9 Å². The fourth-order valence-corrected chi connectivity index (χ4v) is 1.17. The second kappa shape index (κ2) is 73.9. The van der Waals surface area contributed by atoms with Gasteiger partial charge in [0.15, 0.2) is 0 Å². The highest BCUT2D eigenvalue weighted by Crippen LogP contribution is 1.82. The first kappa shape index (κ1) is 62.5.